The molecular formula is C12H14N6O2. The first-order valence-corrected chi connectivity index (χ1v) is 5.88. The summed E-state index contributed by atoms with van der Waals surface area (Å²) >= 11 is 0. The van der Waals surface area contributed by atoms with Crippen LogP contribution in [-0.2, 0) is 9.59 Å². The standard InChI is InChI=1S/C12H14N6O2/c13-10(7-11(14)19)12(20)17-8-1-3-9(4-2-8)18-15-5-6-16-18/h1-6,10H,7,13H2,(H2,14,19)(H,17,20). The predicted molar refractivity (Wildman–Crippen MR) is 71.8 cm³/mol. The largest absolute Gasteiger partial charge is 0.370 e. The molecule has 0 fully saturated rings. The number of nitrogens with two attached hydrogens (primary N) is 2. The summed E-state index contributed by atoms with van der Waals surface area (Å²) in [6, 6.07) is 5.91. The Bertz CT molecular complexity index is 593. The van der Waals surface area contributed by atoms with E-state index in [4.69, 9.17) is 11.5 Å². The molecule has 0 aliphatic heterocycles. The van der Waals surface area contributed by atoms with E-state index >= 15 is 0 Å². The van der Waals surface area contributed by atoms with E-state index in [-0.39, 0.29) is 6.42 Å². The first kappa shape index (κ1) is 13.7. The highest BCUT2D eigenvalue weighted by atomic mass is 16.2. The first-order valence-electron chi connectivity index (χ1n) is 5.88. The van der Waals surface area contributed by atoms with Gasteiger partial charge in [-0.25, -0.2) is 0 Å². The second-order valence-corrected chi connectivity index (χ2v) is 4.13. The van der Waals surface area contributed by atoms with Crippen molar-refractivity contribution in [3.05, 3.63) is 36.7 Å². The molecule has 2 amide bonds. The zero-order chi connectivity index (χ0) is 14.5. The van der Waals surface area contributed by atoms with Crippen LogP contribution in [0.25, 0.3) is 5.69 Å². The monoisotopic (exact) mass is 274 g/mol. The van der Waals surface area contributed by atoms with Crippen LogP contribution < -0.4 is 16.8 Å². The Hall–Kier alpha value is -2.74. The summed E-state index contributed by atoms with van der Waals surface area (Å²) in [4.78, 5) is 23.8. The number of carbonyl (C=O) groups excluding carboxylic acids is 2. The van der Waals surface area contributed by atoms with Crippen LogP contribution in [0.15, 0.2) is 36.7 Å². The molecule has 0 saturated carbocycles. The van der Waals surface area contributed by atoms with E-state index in [0.717, 1.165) is 5.69 Å². The molecule has 1 heterocycles. The highest BCUT2D eigenvalue weighted by molar-refractivity contribution is 5.97. The summed E-state index contributed by atoms with van der Waals surface area (Å²) in [7, 11) is 0. The van der Waals surface area contributed by atoms with Gasteiger partial charge in [0.2, 0.25) is 11.8 Å². The van der Waals surface area contributed by atoms with Gasteiger partial charge in [0.25, 0.3) is 0 Å². The summed E-state index contributed by atoms with van der Waals surface area (Å²) in [5.74, 6) is -1.08. The summed E-state index contributed by atoms with van der Waals surface area (Å²) in [6.07, 6.45) is 2.94. The number of primary amides is 1. The Morgan fingerprint density at radius 1 is 1.20 bits per heavy atom. The van der Waals surface area contributed by atoms with E-state index in [0.29, 0.717) is 5.69 Å². The molecule has 2 aromatic rings. The molecule has 2 rings (SSSR count). The van der Waals surface area contributed by atoms with E-state index in [1.54, 1.807) is 36.7 Å². The van der Waals surface area contributed by atoms with Crippen molar-refractivity contribution in [1.29, 1.82) is 0 Å². The second-order valence-electron chi connectivity index (χ2n) is 4.13. The minimum atomic E-state index is -0.958. The number of hydrogen-bond acceptors (Lipinski definition) is 5. The molecule has 0 bridgehead atoms. The summed E-state index contributed by atoms with van der Waals surface area (Å²) in [5.41, 5.74) is 11.8. The molecule has 0 saturated heterocycles. The lowest BCUT2D eigenvalue weighted by Crippen LogP contribution is -2.38. The van der Waals surface area contributed by atoms with Gasteiger partial charge in [0, 0.05) is 5.69 Å². The van der Waals surface area contributed by atoms with Crippen LogP contribution in [0.4, 0.5) is 5.69 Å². The number of hydrogen-bond donors (Lipinski definition) is 3. The fourth-order valence-corrected chi connectivity index (χ4v) is 1.57. The molecular weight excluding hydrogens is 260 g/mol. The second kappa shape index (κ2) is 5.93. The fourth-order valence-electron chi connectivity index (χ4n) is 1.57. The number of carbonyl (C=O) groups is 2. The third-order valence-corrected chi connectivity index (χ3v) is 2.54. The van der Waals surface area contributed by atoms with Gasteiger partial charge in [-0.15, -0.1) is 0 Å². The molecule has 8 nitrogen and oxygen atoms in total. The van der Waals surface area contributed by atoms with E-state index in [1.807, 2.05) is 0 Å². The van der Waals surface area contributed by atoms with E-state index in [9.17, 15) is 9.59 Å². The lowest BCUT2D eigenvalue weighted by atomic mass is 10.2. The SMILES string of the molecule is NC(=O)CC(N)C(=O)Nc1ccc(-n2nccn2)cc1. The Kier molecular flexibility index (Phi) is 4.06. The number of amides is 2. The van der Waals surface area contributed by atoms with Crippen molar-refractivity contribution in [2.75, 3.05) is 5.32 Å². The van der Waals surface area contributed by atoms with Crippen molar-refractivity contribution in [2.45, 2.75) is 12.5 Å². The number of nitrogens with zero attached hydrogens (tertiary/aromatic N) is 3. The Morgan fingerprint density at radius 3 is 2.35 bits per heavy atom. The molecule has 1 aromatic heterocycles. The number of benzene rings is 1. The normalized spacial score (nSPS) is 11.8. The molecule has 5 N–H and O–H groups in total. The van der Waals surface area contributed by atoms with Gasteiger partial charge >= 0.3 is 0 Å². The molecule has 0 aliphatic rings. The molecule has 0 spiro atoms. The molecule has 20 heavy (non-hydrogen) atoms. The smallest absolute Gasteiger partial charge is 0.241 e. The quantitative estimate of drug-likeness (QED) is 0.671. The van der Waals surface area contributed by atoms with Gasteiger partial charge in [-0.2, -0.15) is 15.0 Å². The highest BCUT2D eigenvalue weighted by Crippen LogP contribution is 2.12. The van der Waals surface area contributed by atoms with Crippen molar-refractivity contribution in [3.8, 4) is 5.69 Å². The van der Waals surface area contributed by atoms with Crippen LogP contribution in [0.1, 0.15) is 6.42 Å². The fraction of sp³-hybridized carbons (Fsp3) is 0.167. The maximum Gasteiger partial charge on any atom is 0.241 e. The maximum atomic E-state index is 11.7. The number of rotatable bonds is 5. The van der Waals surface area contributed by atoms with Crippen LogP contribution in [-0.4, -0.2) is 32.9 Å². The van der Waals surface area contributed by atoms with Gasteiger partial charge < -0.3 is 16.8 Å². The van der Waals surface area contributed by atoms with Crippen LogP contribution in [0.3, 0.4) is 0 Å². The maximum absolute atomic E-state index is 11.7. The van der Waals surface area contributed by atoms with Crippen LogP contribution >= 0.6 is 0 Å². The lowest BCUT2D eigenvalue weighted by Gasteiger charge is -2.10. The van der Waals surface area contributed by atoms with Crippen LogP contribution in [0, 0.1) is 0 Å². The molecule has 0 aliphatic carbocycles. The molecule has 1 unspecified atom stereocenters. The van der Waals surface area contributed by atoms with Gasteiger partial charge in [0.1, 0.15) is 0 Å². The first-order chi connectivity index (χ1) is 9.56. The third-order valence-electron chi connectivity index (χ3n) is 2.54. The topological polar surface area (TPSA) is 129 Å². The van der Waals surface area contributed by atoms with Crippen molar-refractivity contribution in [3.63, 3.8) is 0 Å². The Balaban J connectivity index is 2.00. The number of aromatic nitrogens is 3. The zero-order valence-electron chi connectivity index (χ0n) is 10.6. The molecule has 0 radical (unpaired) electrons. The summed E-state index contributed by atoms with van der Waals surface area (Å²) < 4.78 is 0. The van der Waals surface area contributed by atoms with Gasteiger partial charge in [-0.1, -0.05) is 0 Å². The van der Waals surface area contributed by atoms with Crippen molar-refractivity contribution >= 4 is 17.5 Å². The third kappa shape index (κ3) is 3.39. The average molecular weight is 274 g/mol. The van der Waals surface area contributed by atoms with E-state index < -0.39 is 17.9 Å². The van der Waals surface area contributed by atoms with Gasteiger partial charge in [-0.05, 0) is 24.3 Å². The van der Waals surface area contributed by atoms with E-state index in [1.165, 1.54) is 4.80 Å². The molecule has 104 valence electrons. The van der Waals surface area contributed by atoms with Gasteiger partial charge in [0.05, 0.1) is 30.5 Å². The minimum absolute atomic E-state index is 0.193. The van der Waals surface area contributed by atoms with Gasteiger partial charge in [0.15, 0.2) is 0 Å². The molecule has 1 aromatic carbocycles. The van der Waals surface area contributed by atoms with Crippen molar-refractivity contribution < 1.29 is 9.59 Å². The zero-order valence-corrected chi connectivity index (χ0v) is 10.6. The Labute approximate surface area is 114 Å². The van der Waals surface area contributed by atoms with Crippen molar-refractivity contribution in [1.82, 2.24) is 15.0 Å². The summed E-state index contributed by atoms with van der Waals surface area (Å²) in [5, 5.41) is 10.6. The highest BCUT2D eigenvalue weighted by Gasteiger charge is 2.15. The van der Waals surface area contributed by atoms with Crippen molar-refractivity contribution in [2.24, 2.45) is 11.5 Å². The minimum Gasteiger partial charge on any atom is -0.370 e. The average Bonchev–Trinajstić information content (AvgIpc) is 2.92. The Morgan fingerprint density at radius 2 is 1.80 bits per heavy atom. The molecule has 1 atom stereocenters. The molecule has 8 heteroatoms. The van der Waals surface area contributed by atoms with Gasteiger partial charge in [-0.3, -0.25) is 9.59 Å². The number of anilines is 1. The van der Waals surface area contributed by atoms with Crippen LogP contribution in [0.2, 0.25) is 0 Å². The van der Waals surface area contributed by atoms with Crippen LogP contribution in [0.5, 0.6) is 0 Å². The van der Waals surface area contributed by atoms with E-state index in [2.05, 4.69) is 15.5 Å². The number of nitrogens with one attached hydrogen (secondary N) is 1. The summed E-state index contributed by atoms with van der Waals surface area (Å²) in [6.45, 7) is 0. The predicted octanol–water partition coefficient (Wildman–Crippen LogP) is -0.591. The lowest BCUT2D eigenvalue weighted by molar-refractivity contribution is -0.123.